The van der Waals surface area contributed by atoms with Crippen LogP contribution in [0.15, 0.2) is 59.3 Å². The minimum absolute atomic E-state index is 0.0830. The van der Waals surface area contributed by atoms with Gasteiger partial charge >= 0.3 is 6.03 Å². The molecule has 2 N–H and O–H groups in total. The second-order valence-corrected chi connectivity index (χ2v) is 7.60. The SMILES string of the molecule is O=C(NCc1cccc2ccccc12)N[C@H]1CCN(Cc2ccsc2)C1. The third kappa shape index (κ3) is 4.06. The molecule has 1 saturated heterocycles. The van der Waals surface area contributed by atoms with Gasteiger partial charge in [-0.2, -0.15) is 11.3 Å². The lowest BCUT2D eigenvalue weighted by Gasteiger charge is -2.16. The Labute approximate surface area is 157 Å². The number of thiophene rings is 1. The van der Waals surface area contributed by atoms with Crippen LogP contribution in [0.1, 0.15) is 17.5 Å². The van der Waals surface area contributed by atoms with Crippen molar-refractivity contribution < 1.29 is 4.79 Å². The van der Waals surface area contributed by atoms with Gasteiger partial charge in [0.1, 0.15) is 0 Å². The van der Waals surface area contributed by atoms with Gasteiger partial charge in [-0.05, 0) is 45.1 Å². The molecule has 1 aliphatic rings. The lowest BCUT2D eigenvalue weighted by Crippen LogP contribution is -2.43. The largest absolute Gasteiger partial charge is 0.334 e. The van der Waals surface area contributed by atoms with Crippen LogP contribution in [-0.4, -0.2) is 30.1 Å². The van der Waals surface area contributed by atoms with E-state index in [1.54, 1.807) is 11.3 Å². The minimum Gasteiger partial charge on any atom is -0.334 e. The Hall–Kier alpha value is -2.37. The van der Waals surface area contributed by atoms with Crippen LogP contribution in [0.25, 0.3) is 10.8 Å². The standard InChI is InChI=1S/C21H23N3OS/c25-21(22-12-18-6-3-5-17-4-1-2-7-20(17)18)23-19-8-10-24(14-19)13-16-9-11-26-15-16/h1-7,9,11,15,19H,8,10,12-14H2,(H2,22,23,25)/t19-/m0/s1. The summed E-state index contributed by atoms with van der Waals surface area (Å²) < 4.78 is 0. The number of carbonyl (C=O) groups excluding carboxylic acids is 1. The Morgan fingerprint density at radius 3 is 2.92 bits per heavy atom. The zero-order valence-corrected chi connectivity index (χ0v) is 15.5. The van der Waals surface area contributed by atoms with E-state index >= 15 is 0 Å². The van der Waals surface area contributed by atoms with Gasteiger partial charge in [0.05, 0.1) is 0 Å². The van der Waals surface area contributed by atoms with E-state index in [0.717, 1.165) is 31.6 Å². The molecule has 0 radical (unpaired) electrons. The molecular formula is C21H23N3OS. The van der Waals surface area contributed by atoms with Crippen LogP contribution in [0.3, 0.4) is 0 Å². The number of benzene rings is 2. The molecule has 0 bridgehead atoms. The predicted molar refractivity (Wildman–Crippen MR) is 107 cm³/mol. The van der Waals surface area contributed by atoms with E-state index in [1.807, 2.05) is 18.2 Å². The summed E-state index contributed by atoms with van der Waals surface area (Å²) in [6.45, 7) is 3.46. The topological polar surface area (TPSA) is 44.4 Å². The van der Waals surface area contributed by atoms with Crippen LogP contribution >= 0.6 is 11.3 Å². The lowest BCUT2D eigenvalue weighted by molar-refractivity contribution is 0.235. The molecule has 2 heterocycles. The number of urea groups is 1. The van der Waals surface area contributed by atoms with Crippen molar-refractivity contribution >= 4 is 28.1 Å². The molecule has 26 heavy (non-hydrogen) atoms. The number of fused-ring (bicyclic) bond motifs is 1. The zero-order valence-electron chi connectivity index (χ0n) is 14.7. The van der Waals surface area contributed by atoms with E-state index in [9.17, 15) is 4.79 Å². The Balaban J connectivity index is 1.28. The van der Waals surface area contributed by atoms with Gasteiger partial charge in [-0.3, -0.25) is 4.90 Å². The van der Waals surface area contributed by atoms with E-state index < -0.39 is 0 Å². The molecular weight excluding hydrogens is 342 g/mol. The average molecular weight is 366 g/mol. The molecule has 0 saturated carbocycles. The molecule has 0 unspecified atom stereocenters. The highest BCUT2D eigenvalue weighted by atomic mass is 32.1. The van der Waals surface area contributed by atoms with Crippen LogP contribution in [-0.2, 0) is 13.1 Å². The maximum atomic E-state index is 12.3. The first-order valence-corrected chi connectivity index (χ1v) is 9.96. The first kappa shape index (κ1) is 17.1. The fourth-order valence-electron chi connectivity index (χ4n) is 3.59. The molecule has 5 heteroatoms. The monoisotopic (exact) mass is 365 g/mol. The van der Waals surface area contributed by atoms with Crippen molar-refractivity contribution in [1.82, 2.24) is 15.5 Å². The summed E-state index contributed by atoms with van der Waals surface area (Å²) in [7, 11) is 0. The van der Waals surface area contributed by atoms with Crippen molar-refractivity contribution in [1.29, 1.82) is 0 Å². The molecule has 134 valence electrons. The molecule has 2 amide bonds. The van der Waals surface area contributed by atoms with Crippen LogP contribution < -0.4 is 10.6 Å². The average Bonchev–Trinajstić information content (AvgIpc) is 3.32. The van der Waals surface area contributed by atoms with Gasteiger partial charge in [0.15, 0.2) is 0 Å². The molecule has 4 rings (SSSR count). The second-order valence-electron chi connectivity index (χ2n) is 6.82. The van der Waals surface area contributed by atoms with E-state index in [0.29, 0.717) is 6.54 Å². The number of likely N-dealkylation sites (tertiary alicyclic amines) is 1. The van der Waals surface area contributed by atoms with E-state index in [4.69, 9.17) is 0 Å². The van der Waals surface area contributed by atoms with E-state index in [-0.39, 0.29) is 12.1 Å². The summed E-state index contributed by atoms with van der Waals surface area (Å²) in [5, 5.41) is 12.8. The quantitative estimate of drug-likeness (QED) is 0.718. The second kappa shape index (κ2) is 7.89. The summed E-state index contributed by atoms with van der Waals surface area (Å²) >= 11 is 1.73. The van der Waals surface area contributed by atoms with Crippen molar-refractivity contribution in [3.8, 4) is 0 Å². The van der Waals surface area contributed by atoms with E-state index in [2.05, 4.69) is 56.6 Å². The van der Waals surface area contributed by atoms with E-state index in [1.165, 1.54) is 16.3 Å². The number of hydrogen-bond donors (Lipinski definition) is 2. The molecule has 0 aliphatic carbocycles. The third-order valence-corrected chi connectivity index (χ3v) is 5.65. The van der Waals surface area contributed by atoms with Gasteiger partial charge in [-0.15, -0.1) is 0 Å². The number of carbonyl (C=O) groups is 1. The predicted octanol–water partition coefficient (Wildman–Crippen LogP) is 3.98. The van der Waals surface area contributed by atoms with Crippen LogP contribution in [0, 0.1) is 0 Å². The lowest BCUT2D eigenvalue weighted by atomic mass is 10.0. The molecule has 4 nitrogen and oxygen atoms in total. The smallest absolute Gasteiger partial charge is 0.315 e. The fourth-order valence-corrected chi connectivity index (χ4v) is 4.25. The van der Waals surface area contributed by atoms with Gasteiger partial charge < -0.3 is 10.6 Å². The third-order valence-electron chi connectivity index (χ3n) is 4.91. The molecule has 1 aromatic heterocycles. The van der Waals surface area contributed by atoms with Crippen molar-refractivity contribution in [3.05, 3.63) is 70.4 Å². The maximum Gasteiger partial charge on any atom is 0.315 e. The number of rotatable bonds is 5. The summed E-state index contributed by atoms with van der Waals surface area (Å²) in [6, 6.07) is 16.8. The minimum atomic E-state index is -0.0830. The Kier molecular flexibility index (Phi) is 5.18. The van der Waals surface area contributed by atoms with Gasteiger partial charge in [-0.1, -0.05) is 42.5 Å². The first-order valence-electron chi connectivity index (χ1n) is 9.02. The molecule has 1 atom stereocenters. The summed E-state index contributed by atoms with van der Waals surface area (Å²) in [4.78, 5) is 14.7. The Bertz CT molecular complexity index is 873. The van der Waals surface area contributed by atoms with Gasteiger partial charge in [0.2, 0.25) is 0 Å². The Morgan fingerprint density at radius 1 is 1.15 bits per heavy atom. The normalized spacial score (nSPS) is 17.5. The number of nitrogens with zero attached hydrogens (tertiary/aromatic N) is 1. The van der Waals surface area contributed by atoms with Crippen LogP contribution in [0.2, 0.25) is 0 Å². The molecule has 0 spiro atoms. The first-order chi connectivity index (χ1) is 12.8. The van der Waals surface area contributed by atoms with Crippen LogP contribution in [0.5, 0.6) is 0 Å². The highest BCUT2D eigenvalue weighted by Crippen LogP contribution is 2.18. The highest BCUT2D eigenvalue weighted by molar-refractivity contribution is 7.07. The van der Waals surface area contributed by atoms with Gasteiger partial charge in [0.25, 0.3) is 0 Å². The van der Waals surface area contributed by atoms with Gasteiger partial charge in [0, 0.05) is 32.2 Å². The summed E-state index contributed by atoms with van der Waals surface area (Å²) in [5.41, 5.74) is 2.50. The molecule has 3 aromatic rings. The molecule has 1 fully saturated rings. The fraction of sp³-hybridized carbons (Fsp3) is 0.286. The zero-order chi connectivity index (χ0) is 17.8. The van der Waals surface area contributed by atoms with Crippen molar-refractivity contribution in [3.63, 3.8) is 0 Å². The molecule has 1 aliphatic heterocycles. The van der Waals surface area contributed by atoms with Crippen molar-refractivity contribution in [2.75, 3.05) is 13.1 Å². The van der Waals surface area contributed by atoms with Crippen molar-refractivity contribution in [2.45, 2.75) is 25.6 Å². The van der Waals surface area contributed by atoms with Crippen molar-refractivity contribution in [2.24, 2.45) is 0 Å². The summed E-state index contributed by atoms with van der Waals surface area (Å²) in [5.74, 6) is 0. The summed E-state index contributed by atoms with van der Waals surface area (Å²) in [6.07, 6.45) is 1.01. The Morgan fingerprint density at radius 2 is 2.04 bits per heavy atom. The highest BCUT2D eigenvalue weighted by Gasteiger charge is 2.23. The van der Waals surface area contributed by atoms with Crippen LogP contribution in [0.4, 0.5) is 4.79 Å². The molecule has 2 aromatic carbocycles. The number of amides is 2. The number of hydrogen-bond acceptors (Lipinski definition) is 3. The van der Waals surface area contributed by atoms with Gasteiger partial charge in [-0.25, -0.2) is 4.79 Å². The maximum absolute atomic E-state index is 12.3. The number of nitrogens with one attached hydrogen (secondary N) is 2.